The molecule has 1 amide bonds. The third kappa shape index (κ3) is 4.24. The maximum Gasteiger partial charge on any atom is 0.244 e. The molecule has 0 bridgehead atoms. The van der Waals surface area contributed by atoms with Crippen molar-refractivity contribution >= 4 is 11.6 Å². The highest BCUT2D eigenvalue weighted by atomic mass is 16.5. The summed E-state index contributed by atoms with van der Waals surface area (Å²) in [6, 6.07) is 7.62. The van der Waals surface area contributed by atoms with Crippen LogP contribution in [0.3, 0.4) is 0 Å². The minimum absolute atomic E-state index is 0.0787. The zero-order valence-electron chi connectivity index (χ0n) is 14.8. The van der Waals surface area contributed by atoms with Gasteiger partial charge in [0.2, 0.25) is 11.8 Å². The second-order valence-corrected chi connectivity index (χ2v) is 6.86. The zero-order chi connectivity index (χ0) is 18.0. The monoisotopic (exact) mass is 344 g/mol. The van der Waals surface area contributed by atoms with Gasteiger partial charge in [0.1, 0.15) is 0 Å². The summed E-state index contributed by atoms with van der Waals surface area (Å²) in [6.07, 6.45) is 0.182. The first-order chi connectivity index (χ1) is 11.9. The first-order valence-electron chi connectivity index (χ1n) is 8.54. The highest BCUT2D eigenvalue weighted by Gasteiger charge is 2.35. The van der Waals surface area contributed by atoms with E-state index in [2.05, 4.69) is 20.4 Å². The Morgan fingerprint density at radius 2 is 2.12 bits per heavy atom. The second-order valence-electron chi connectivity index (χ2n) is 6.86. The van der Waals surface area contributed by atoms with Crippen molar-refractivity contribution in [3.8, 4) is 0 Å². The molecule has 1 saturated heterocycles. The molecule has 1 aromatic heterocycles. The number of nitrogens with zero attached hydrogens (tertiary/aromatic N) is 3. The van der Waals surface area contributed by atoms with Crippen LogP contribution in [-0.2, 0) is 11.3 Å². The van der Waals surface area contributed by atoms with Crippen LogP contribution in [0.4, 0.5) is 5.69 Å². The Labute approximate surface area is 147 Å². The van der Waals surface area contributed by atoms with Gasteiger partial charge in [-0.3, -0.25) is 9.69 Å². The van der Waals surface area contributed by atoms with Crippen molar-refractivity contribution in [3.63, 3.8) is 0 Å². The topological polar surface area (TPSA) is 91.5 Å². The first-order valence-corrected chi connectivity index (χ1v) is 8.54. The van der Waals surface area contributed by atoms with Crippen LogP contribution in [0, 0.1) is 0 Å². The van der Waals surface area contributed by atoms with E-state index in [-0.39, 0.29) is 17.9 Å². The zero-order valence-corrected chi connectivity index (χ0v) is 14.8. The number of benzene rings is 1. The third-order valence-electron chi connectivity index (χ3n) is 4.30. The van der Waals surface area contributed by atoms with E-state index in [4.69, 9.17) is 4.52 Å². The van der Waals surface area contributed by atoms with E-state index >= 15 is 0 Å². The van der Waals surface area contributed by atoms with Gasteiger partial charge < -0.3 is 14.9 Å². The summed E-state index contributed by atoms with van der Waals surface area (Å²) < 4.78 is 5.43. The number of rotatable bonds is 5. The molecule has 1 fully saturated rings. The molecule has 2 atom stereocenters. The molecule has 7 heteroatoms. The van der Waals surface area contributed by atoms with Gasteiger partial charge in [-0.2, -0.15) is 4.98 Å². The minimum Gasteiger partial charge on any atom is -0.392 e. The Morgan fingerprint density at radius 3 is 2.72 bits per heavy atom. The number of hydrogen-bond donors (Lipinski definition) is 2. The number of hydrogen-bond acceptors (Lipinski definition) is 6. The van der Waals surface area contributed by atoms with Crippen LogP contribution in [0.25, 0.3) is 0 Å². The lowest BCUT2D eigenvalue weighted by Crippen LogP contribution is -2.24. The molecular formula is C18H24N4O3. The highest BCUT2D eigenvalue weighted by molar-refractivity contribution is 5.88. The number of aliphatic hydroxyl groups excluding tert-OH is 1. The molecule has 2 heterocycles. The molecule has 7 nitrogen and oxygen atoms in total. The number of likely N-dealkylation sites (tertiary alicyclic amines) is 1. The molecule has 3 rings (SSSR count). The van der Waals surface area contributed by atoms with Crippen molar-refractivity contribution in [1.82, 2.24) is 15.0 Å². The van der Waals surface area contributed by atoms with Crippen molar-refractivity contribution in [3.05, 3.63) is 41.5 Å². The largest absolute Gasteiger partial charge is 0.392 e. The molecule has 1 aliphatic heterocycles. The lowest BCUT2D eigenvalue weighted by Gasteiger charge is -2.21. The number of amides is 1. The summed E-state index contributed by atoms with van der Waals surface area (Å²) in [5.41, 5.74) is 1.87. The van der Waals surface area contributed by atoms with E-state index in [0.29, 0.717) is 31.2 Å². The van der Waals surface area contributed by atoms with Crippen molar-refractivity contribution in [2.45, 2.75) is 51.8 Å². The van der Waals surface area contributed by atoms with E-state index < -0.39 is 6.10 Å². The molecular weight excluding hydrogens is 320 g/mol. The van der Waals surface area contributed by atoms with Gasteiger partial charge in [-0.25, -0.2) is 0 Å². The van der Waals surface area contributed by atoms with Gasteiger partial charge in [0.05, 0.1) is 12.1 Å². The number of anilines is 1. The molecule has 2 unspecified atom stereocenters. The Kier molecular flexibility index (Phi) is 5.15. The standard InChI is InChI=1S/C18H24N4O3/c1-11(2)17-20-18(25-21-17)16-8-15(24)10-22(16)9-13-4-6-14(7-5-13)19-12(3)23/h4-7,11,15-16,24H,8-10H2,1-3H3,(H,19,23). The molecule has 0 spiro atoms. The fourth-order valence-electron chi connectivity index (χ4n) is 3.06. The van der Waals surface area contributed by atoms with Gasteiger partial charge in [0.15, 0.2) is 5.82 Å². The lowest BCUT2D eigenvalue weighted by molar-refractivity contribution is -0.114. The van der Waals surface area contributed by atoms with Gasteiger partial charge in [-0.15, -0.1) is 0 Å². The summed E-state index contributed by atoms with van der Waals surface area (Å²) in [7, 11) is 0. The summed E-state index contributed by atoms with van der Waals surface area (Å²) in [5, 5.41) is 16.9. The Balaban J connectivity index is 1.72. The van der Waals surface area contributed by atoms with Crippen molar-refractivity contribution in [2.75, 3.05) is 11.9 Å². The molecule has 1 aliphatic rings. The second kappa shape index (κ2) is 7.33. The van der Waals surface area contributed by atoms with Gasteiger partial charge in [0, 0.05) is 31.6 Å². The van der Waals surface area contributed by atoms with E-state index in [1.165, 1.54) is 6.92 Å². The first kappa shape index (κ1) is 17.6. The van der Waals surface area contributed by atoms with E-state index in [9.17, 15) is 9.90 Å². The normalized spacial score (nSPS) is 21.0. The SMILES string of the molecule is CC(=O)Nc1ccc(CN2CC(O)CC2c2nc(C(C)C)no2)cc1. The number of carbonyl (C=O) groups excluding carboxylic acids is 1. The number of aromatic nitrogens is 2. The van der Waals surface area contributed by atoms with Crippen molar-refractivity contribution in [1.29, 1.82) is 0 Å². The number of carbonyl (C=O) groups is 1. The third-order valence-corrected chi connectivity index (χ3v) is 4.30. The predicted octanol–water partition coefficient (Wildman–Crippen LogP) is 2.46. The fourth-order valence-corrected chi connectivity index (χ4v) is 3.06. The lowest BCUT2D eigenvalue weighted by atomic mass is 10.1. The average Bonchev–Trinajstić information content (AvgIpc) is 3.15. The van der Waals surface area contributed by atoms with Crippen LogP contribution in [0.5, 0.6) is 0 Å². The summed E-state index contributed by atoms with van der Waals surface area (Å²) in [4.78, 5) is 17.7. The minimum atomic E-state index is -0.405. The van der Waals surface area contributed by atoms with Gasteiger partial charge in [-0.05, 0) is 24.1 Å². The van der Waals surface area contributed by atoms with Crippen LogP contribution >= 0.6 is 0 Å². The Hall–Kier alpha value is -2.25. The van der Waals surface area contributed by atoms with E-state index in [0.717, 1.165) is 11.3 Å². The van der Waals surface area contributed by atoms with Gasteiger partial charge in [-0.1, -0.05) is 31.1 Å². The van der Waals surface area contributed by atoms with Crippen molar-refractivity contribution in [2.24, 2.45) is 0 Å². The Bertz CT molecular complexity index is 726. The number of aliphatic hydroxyl groups is 1. The molecule has 2 aromatic rings. The van der Waals surface area contributed by atoms with Crippen LogP contribution in [0.2, 0.25) is 0 Å². The molecule has 0 radical (unpaired) electrons. The van der Waals surface area contributed by atoms with Crippen LogP contribution in [0.1, 0.15) is 56.4 Å². The van der Waals surface area contributed by atoms with Gasteiger partial charge in [0.25, 0.3) is 0 Å². The fraction of sp³-hybridized carbons (Fsp3) is 0.500. The molecule has 1 aromatic carbocycles. The quantitative estimate of drug-likeness (QED) is 0.866. The van der Waals surface area contributed by atoms with Gasteiger partial charge >= 0.3 is 0 Å². The van der Waals surface area contributed by atoms with E-state index in [1.807, 2.05) is 38.1 Å². The molecule has 2 N–H and O–H groups in total. The summed E-state index contributed by atoms with van der Waals surface area (Å²) in [6.45, 7) is 6.76. The smallest absolute Gasteiger partial charge is 0.244 e. The average molecular weight is 344 g/mol. The molecule has 0 saturated carbocycles. The molecule has 0 aliphatic carbocycles. The number of nitrogens with one attached hydrogen (secondary N) is 1. The maximum atomic E-state index is 11.1. The van der Waals surface area contributed by atoms with Crippen molar-refractivity contribution < 1.29 is 14.4 Å². The van der Waals surface area contributed by atoms with E-state index in [1.54, 1.807) is 0 Å². The number of β-amino-alcohol motifs (C(OH)–C–C–N with tert-alkyl or cyclic N) is 1. The summed E-state index contributed by atoms with van der Waals surface area (Å²) >= 11 is 0. The molecule has 25 heavy (non-hydrogen) atoms. The summed E-state index contributed by atoms with van der Waals surface area (Å²) in [5.74, 6) is 1.37. The van der Waals surface area contributed by atoms with Crippen LogP contribution in [-0.4, -0.2) is 38.7 Å². The predicted molar refractivity (Wildman–Crippen MR) is 92.9 cm³/mol. The van der Waals surface area contributed by atoms with Crippen LogP contribution < -0.4 is 5.32 Å². The highest BCUT2D eigenvalue weighted by Crippen LogP contribution is 2.33. The molecule has 134 valence electrons. The van der Waals surface area contributed by atoms with Crippen LogP contribution in [0.15, 0.2) is 28.8 Å². The Morgan fingerprint density at radius 1 is 1.40 bits per heavy atom. The maximum absolute atomic E-state index is 11.1.